The first-order chi connectivity index (χ1) is 13.5. The molecule has 4 nitrogen and oxygen atoms in total. The van der Waals surface area contributed by atoms with E-state index in [4.69, 9.17) is 4.74 Å². The van der Waals surface area contributed by atoms with Gasteiger partial charge in [0, 0.05) is 21.1 Å². The van der Waals surface area contributed by atoms with Crippen molar-refractivity contribution in [1.29, 1.82) is 0 Å². The monoisotopic (exact) mass is 413 g/mol. The summed E-state index contributed by atoms with van der Waals surface area (Å²) in [4.78, 5) is 27.3. The van der Waals surface area contributed by atoms with Crippen LogP contribution in [-0.4, -0.2) is 18.5 Å². The summed E-state index contributed by atoms with van der Waals surface area (Å²) in [6, 6.07) is 13.8. The summed E-state index contributed by atoms with van der Waals surface area (Å²) in [5, 5.41) is 5.30. The summed E-state index contributed by atoms with van der Waals surface area (Å²) >= 11 is 2.99. The number of hydrogen-bond donors (Lipinski definition) is 1. The van der Waals surface area contributed by atoms with E-state index >= 15 is 0 Å². The van der Waals surface area contributed by atoms with Crippen molar-refractivity contribution < 1.29 is 14.3 Å². The SMILES string of the molecule is CCOC(=O)c1cc(C(C)c2ccccc2)sc1NC(=O)c1csc(CC)c1. The fourth-order valence-corrected chi connectivity index (χ4v) is 4.78. The van der Waals surface area contributed by atoms with E-state index in [0.717, 1.165) is 21.7 Å². The highest BCUT2D eigenvalue weighted by Gasteiger charge is 2.22. The zero-order valence-corrected chi connectivity index (χ0v) is 17.8. The quantitative estimate of drug-likeness (QED) is 0.487. The molecule has 1 amide bonds. The molecule has 1 aromatic carbocycles. The molecule has 0 bridgehead atoms. The van der Waals surface area contributed by atoms with E-state index in [1.807, 2.05) is 35.7 Å². The molecule has 1 unspecified atom stereocenters. The third-order valence-electron chi connectivity index (χ3n) is 4.46. The highest BCUT2D eigenvalue weighted by atomic mass is 32.1. The van der Waals surface area contributed by atoms with Crippen molar-refractivity contribution in [2.75, 3.05) is 11.9 Å². The van der Waals surface area contributed by atoms with Crippen molar-refractivity contribution in [3.8, 4) is 0 Å². The number of benzene rings is 1. The topological polar surface area (TPSA) is 55.4 Å². The molecule has 0 saturated heterocycles. The molecule has 0 spiro atoms. The van der Waals surface area contributed by atoms with Crippen LogP contribution < -0.4 is 5.32 Å². The Kier molecular flexibility index (Phi) is 6.65. The van der Waals surface area contributed by atoms with Crippen LogP contribution in [0.5, 0.6) is 0 Å². The van der Waals surface area contributed by atoms with Gasteiger partial charge in [0.25, 0.3) is 5.91 Å². The van der Waals surface area contributed by atoms with Crippen molar-refractivity contribution in [2.24, 2.45) is 0 Å². The van der Waals surface area contributed by atoms with Crippen molar-refractivity contribution in [3.63, 3.8) is 0 Å². The third-order valence-corrected chi connectivity index (χ3v) is 6.78. The van der Waals surface area contributed by atoms with Crippen LogP contribution in [0.4, 0.5) is 5.00 Å². The fourth-order valence-electron chi connectivity index (χ4n) is 2.84. The van der Waals surface area contributed by atoms with Crippen molar-refractivity contribution in [2.45, 2.75) is 33.1 Å². The minimum Gasteiger partial charge on any atom is -0.462 e. The highest BCUT2D eigenvalue weighted by Crippen LogP contribution is 2.36. The molecule has 0 aliphatic heterocycles. The van der Waals surface area contributed by atoms with Crippen LogP contribution in [0.3, 0.4) is 0 Å². The van der Waals surface area contributed by atoms with Crippen LogP contribution >= 0.6 is 22.7 Å². The number of carbonyl (C=O) groups excluding carboxylic acids is 2. The molecule has 0 fully saturated rings. The minimum atomic E-state index is -0.417. The first kappa shape index (κ1) is 20.3. The lowest BCUT2D eigenvalue weighted by molar-refractivity contribution is 0.0528. The number of amides is 1. The maximum Gasteiger partial charge on any atom is 0.341 e. The number of carbonyl (C=O) groups is 2. The Morgan fingerprint density at radius 1 is 1.14 bits per heavy atom. The Hall–Kier alpha value is -2.44. The van der Waals surface area contributed by atoms with E-state index in [-0.39, 0.29) is 18.4 Å². The zero-order chi connectivity index (χ0) is 20.1. The Morgan fingerprint density at radius 3 is 2.54 bits per heavy atom. The molecule has 28 heavy (non-hydrogen) atoms. The number of rotatable bonds is 7. The average molecular weight is 414 g/mol. The molecule has 3 aromatic rings. The van der Waals surface area contributed by atoms with Gasteiger partial charge in [-0.2, -0.15) is 0 Å². The Balaban J connectivity index is 1.90. The van der Waals surface area contributed by atoms with Crippen LogP contribution in [0.1, 0.15) is 62.7 Å². The normalized spacial score (nSPS) is 11.8. The van der Waals surface area contributed by atoms with Crippen LogP contribution in [0, 0.1) is 0 Å². The van der Waals surface area contributed by atoms with E-state index in [2.05, 4.69) is 31.3 Å². The van der Waals surface area contributed by atoms with Crippen LogP contribution in [0.25, 0.3) is 0 Å². The lowest BCUT2D eigenvalue weighted by Gasteiger charge is -2.09. The van der Waals surface area contributed by atoms with E-state index in [9.17, 15) is 9.59 Å². The first-order valence-corrected chi connectivity index (χ1v) is 11.0. The van der Waals surface area contributed by atoms with Crippen molar-refractivity contribution in [1.82, 2.24) is 0 Å². The maximum absolute atomic E-state index is 12.7. The van der Waals surface area contributed by atoms with E-state index in [1.165, 1.54) is 11.3 Å². The first-order valence-electron chi connectivity index (χ1n) is 9.28. The standard InChI is InChI=1S/C22H23NO3S2/c1-4-17-11-16(13-27-17)20(24)23-21-18(22(25)26-5-2)12-19(28-21)14(3)15-9-7-6-8-10-15/h6-14H,4-5H2,1-3H3,(H,23,24). The van der Waals surface area contributed by atoms with Crippen molar-refractivity contribution in [3.05, 3.63) is 74.3 Å². The zero-order valence-electron chi connectivity index (χ0n) is 16.2. The summed E-state index contributed by atoms with van der Waals surface area (Å²) in [5.74, 6) is -0.514. The average Bonchev–Trinajstić information content (AvgIpc) is 3.35. The van der Waals surface area contributed by atoms with Crippen LogP contribution in [0.15, 0.2) is 47.8 Å². The molecule has 0 aliphatic carbocycles. The van der Waals surface area contributed by atoms with Gasteiger partial charge in [0.15, 0.2) is 0 Å². The van der Waals surface area contributed by atoms with E-state index < -0.39 is 5.97 Å². The Bertz CT molecular complexity index is 959. The molecule has 146 valence electrons. The summed E-state index contributed by atoms with van der Waals surface area (Å²) in [7, 11) is 0. The molecule has 0 saturated carbocycles. The van der Waals surface area contributed by atoms with Gasteiger partial charge in [-0.25, -0.2) is 4.79 Å². The fraction of sp³-hybridized carbons (Fsp3) is 0.273. The molecule has 2 heterocycles. The number of aryl methyl sites for hydroxylation is 1. The maximum atomic E-state index is 12.7. The molecule has 3 rings (SSSR count). The number of nitrogens with one attached hydrogen (secondary N) is 1. The van der Waals surface area contributed by atoms with Gasteiger partial charge >= 0.3 is 5.97 Å². The van der Waals surface area contributed by atoms with Crippen LogP contribution in [0.2, 0.25) is 0 Å². The number of thiophene rings is 2. The predicted molar refractivity (Wildman–Crippen MR) is 116 cm³/mol. The lowest BCUT2D eigenvalue weighted by atomic mass is 9.99. The van der Waals surface area contributed by atoms with Crippen molar-refractivity contribution >= 4 is 39.6 Å². The molecular weight excluding hydrogens is 390 g/mol. The number of anilines is 1. The summed E-state index contributed by atoms with van der Waals surface area (Å²) in [5.41, 5.74) is 2.18. The smallest absolute Gasteiger partial charge is 0.341 e. The Morgan fingerprint density at radius 2 is 1.89 bits per heavy atom. The van der Waals surface area contributed by atoms with Gasteiger partial charge in [-0.05, 0) is 31.0 Å². The van der Waals surface area contributed by atoms with Gasteiger partial charge < -0.3 is 10.1 Å². The van der Waals surface area contributed by atoms with Gasteiger partial charge in [-0.1, -0.05) is 44.2 Å². The van der Waals surface area contributed by atoms with Gasteiger partial charge in [0.2, 0.25) is 0 Å². The second-order valence-electron chi connectivity index (χ2n) is 6.35. The third kappa shape index (κ3) is 4.51. The summed E-state index contributed by atoms with van der Waals surface area (Å²) in [6.07, 6.45) is 0.893. The van der Waals surface area contributed by atoms with Gasteiger partial charge in [0.05, 0.1) is 17.7 Å². The predicted octanol–water partition coefficient (Wildman–Crippen LogP) is 5.95. The number of ether oxygens (including phenoxy) is 1. The molecule has 0 aliphatic rings. The molecule has 0 radical (unpaired) electrons. The number of esters is 1. The van der Waals surface area contributed by atoms with Gasteiger partial charge in [-0.15, -0.1) is 22.7 Å². The Labute approximate surface area is 173 Å². The highest BCUT2D eigenvalue weighted by molar-refractivity contribution is 7.16. The second-order valence-corrected chi connectivity index (χ2v) is 8.43. The summed E-state index contributed by atoms with van der Waals surface area (Å²) in [6.45, 7) is 6.21. The van der Waals surface area contributed by atoms with E-state index in [1.54, 1.807) is 18.3 Å². The summed E-state index contributed by atoms with van der Waals surface area (Å²) < 4.78 is 5.19. The number of hydrogen-bond acceptors (Lipinski definition) is 5. The molecule has 1 atom stereocenters. The van der Waals surface area contributed by atoms with Gasteiger partial charge in [-0.3, -0.25) is 4.79 Å². The lowest BCUT2D eigenvalue weighted by Crippen LogP contribution is -2.13. The minimum absolute atomic E-state index is 0.109. The van der Waals surface area contributed by atoms with Crippen LogP contribution in [-0.2, 0) is 11.2 Å². The largest absolute Gasteiger partial charge is 0.462 e. The molecule has 1 N–H and O–H groups in total. The van der Waals surface area contributed by atoms with E-state index in [0.29, 0.717) is 16.1 Å². The van der Waals surface area contributed by atoms with Gasteiger partial charge in [0.1, 0.15) is 5.00 Å². The molecule has 2 aromatic heterocycles. The molecular formula is C22H23NO3S2. The molecule has 6 heteroatoms. The second kappa shape index (κ2) is 9.17.